The number of fused-ring (bicyclic) bond motifs is 1. The molecule has 2 aromatic rings. The summed E-state index contributed by atoms with van der Waals surface area (Å²) in [4.78, 5) is 13.8. The fourth-order valence-corrected chi connectivity index (χ4v) is 2.66. The van der Waals surface area contributed by atoms with Crippen molar-refractivity contribution in [3.63, 3.8) is 0 Å². The van der Waals surface area contributed by atoms with Crippen molar-refractivity contribution in [3.05, 3.63) is 34.3 Å². The van der Waals surface area contributed by atoms with Gasteiger partial charge in [-0.3, -0.25) is 4.98 Å². The first-order valence-corrected chi connectivity index (χ1v) is 7.06. The Balaban J connectivity index is 1.68. The second-order valence-corrected chi connectivity index (χ2v) is 5.24. The van der Waals surface area contributed by atoms with Crippen molar-refractivity contribution in [1.29, 1.82) is 0 Å². The molecule has 0 radical (unpaired) electrons. The fourth-order valence-electron chi connectivity index (χ4n) is 2.66. The Morgan fingerprint density at radius 2 is 2.25 bits per heavy atom. The van der Waals surface area contributed by atoms with Crippen LogP contribution in [0, 0.1) is 0 Å². The molecule has 5 nitrogen and oxygen atoms in total. The predicted octanol–water partition coefficient (Wildman–Crippen LogP) is 3.01. The van der Waals surface area contributed by atoms with Gasteiger partial charge in [-0.25, -0.2) is 4.79 Å². The van der Waals surface area contributed by atoms with Crippen LogP contribution >= 0.6 is 0 Å². The molecule has 0 aliphatic heterocycles. The minimum Gasteiger partial charge on any atom is -0.408 e. The number of oxazole rings is 1. The SMILES string of the molecule is Nc1cc2oc(=O)[nH]c2cc1NCCC1=CCCCC1. The Morgan fingerprint density at radius 1 is 1.35 bits per heavy atom. The van der Waals surface area contributed by atoms with Gasteiger partial charge in [0, 0.05) is 12.6 Å². The smallest absolute Gasteiger partial charge is 0.408 e. The van der Waals surface area contributed by atoms with Gasteiger partial charge in [0.2, 0.25) is 0 Å². The Morgan fingerprint density at radius 3 is 3.05 bits per heavy atom. The van der Waals surface area contributed by atoms with Gasteiger partial charge in [-0.15, -0.1) is 0 Å². The molecular weight excluding hydrogens is 254 g/mol. The first kappa shape index (κ1) is 12.8. The number of nitrogens with one attached hydrogen (secondary N) is 2. The third-order valence-corrected chi connectivity index (χ3v) is 3.74. The number of benzene rings is 1. The number of hydrogen-bond donors (Lipinski definition) is 3. The summed E-state index contributed by atoms with van der Waals surface area (Å²) < 4.78 is 4.98. The van der Waals surface area contributed by atoms with Crippen LogP contribution in [-0.2, 0) is 0 Å². The molecule has 106 valence electrons. The highest BCUT2D eigenvalue weighted by molar-refractivity contribution is 5.85. The van der Waals surface area contributed by atoms with Crippen molar-refractivity contribution in [2.45, 2.75) is 32.1 Å². The second-order valence-electron chi connectivity index (χ2n) is 5.24. The number of H-pyrrole nitrogens is 1. The van der Waals surface area contributed by atoms with Crippen LogP contribution in [0.25, 0.3) is 11.1 Å². The number of nitrogen functional groups attached to an aromatic ring is 1. The number of rotatable bonds is 4. The van der Waals surface area contributed by atoms with Gasteiger partial charge in [-0.05, 0) is 38.2 Å². The van der Waals surface area contributed by atoms with Crippen LogP contribution < -0.4 is 16.8 Å². The third kappa shape index (κ3) is 2.71. The zero-order valence-electron chi connectivity index (χ0n) is 11.4. The molecular formula is C15H19N3O2. The topological polar surface area (TPSA) is 84.0 Å². The fraction of sp³-hybridized carbons (Fsp3) is 0.400. The van der Waals surface area contributed by atoms with Gasteiger partial charge in [0.25, 0.3) is 0 Å². The van der Waals surface area contributed by atoms with Crippen molar-refractivity contribution >= 4 is 22.5 Å². The van der Waals surface area contributed by atoms with Crippen molar-refractivity contribution < 1.29 is 4.42 Å². The van der Waals surface area contributed by atoms with Gasteiger partial charge in [0.15, 0.2) is 5.58 Å². The van der Waals surface area contributed by atoms with Gasteiger partial charge >= 0.3 is 5.76 Å². The summed E-state index contributed by atoms with van der Waals surface area (Å²) in [7, 11) is 0. The van der Waals surface area contributed by atoms with E-state index in [0.29, 0.717) is 16.8 Å². The minimum absolute atomic E-state index is 0.455. The molecule has 0 spiro atoms. The van der Waals surface area contributed by atoms with Crippen molar-refractivity contribution in [2.24, 2.45) is 0 Å². The summed E-state index contributed by atoms with van der Waals surface area (Å²) in [5.74, 6) is -0.455. The Kier molecular flexibility index (Phi) is 3.50. The van der Waals surface area contributed by atoms with E-state index in [9.17, 15) is 4.79 Å². The van der Waals surface area contributed by atoms with Gasteiger partial charge in [-0.2, -0.15) is 0 Å². The van der Waals surface area contributed by atoms with Gasteiger partial charge in [-0.1, -0.05) is 11.6 Å². The molecule has 5 heteroatoms. The van der Waals surface area contributed by atoms with E-state index in [-0.39, 0.29) is 0 Å². The molecule has 0 fully saturated rings. The van der Waals surface area contributed by atoms with E-state index in [0.717, 1.165) is 18.7 Å². The van der Waals surface area contributed by atoms with Crippen LogP contribution in [0.2, 0.25) is 0 Å². The van der Waals surface area contributed by atoms with Crippen LogP contribution in [0.3, 0.4) is 0 Å². The largest absolute Gasteiger partial charge is 0.417 e. The van der Waals surface area contributed by atoms with Crippen LogP contribution in [0.4, 0.5) is 11.4 Å². The van der Waals surface area contributed by atoms with E-state index >= 15 is 0 Å². The number of aromatic nitrogens is 1. The molecule has 0 unspecified atom stereocenters. The lowest BCUT2D eigenvalue weighted by atomic mass is 9.97. The van der Waals surface area contributed by atoms with Crippen molar-refractivity contribution in [1.82, 2.24) is 4.98 Å². The summed E-state index contributed by atoms with van der Waals surface area (Å²) in [6.07, 6.45) is 8.43. The lowest BCUT2D eigenvalue weighted by Gasteiger charge is -2.14. The van der Waals surface area contributed by atoms with Crippen molar-refractivity contribution in [3.8, 4) is 0 Å². The molecule has 1 aliphatic carbocycles. The summed E-state index contributed by atoms with van der Waals surface area (Å²) in [5.41, 5.74) is 10.1. The van der Waals surface area contributed by atoms with Crippen LogP contribution in [-0.4, -0.2) is 11.5 Å². The van der Waals surface area contributed by atoms with E-state index in [4.69, 9.17) is 10.2 Å². The first-order valence-electron chi connectivity index (χ1n) is 7.06. The third-order valence-electron chi connectivity index (χ3n) is 3.74. The average molecular weight is 273 g/mol. The highest BCUT2D eigenvalue weighted by Crippen LogP contribution is 2.25. The number of allylic oxidation sites excluding steroid dienone is 1. The zero-order chi connectivity index (χ0) is 13.9. The maximum absolute atomic E-state index is 11.1. The molecule has 0 saturated heterocycles. The average Bonchev–Trinajstić information content (AvgIpc) is 2.79. The Hall–Kier alpha value is -2.17. The summed E-state index contributed by atoms with van der Waals surface area (Å²) in [5, 5.41) is 3.33. The minimum atomic E-state index is -0.455. The van der Waals surface area contributed by atoms with Gasteiger partial charge in [0.1, 0.15) is 0 Å². The number of anilines is 2. The molecule has 1 aromatic carbocycles. The molecule has 0 saturated carbocycles. The molecule has 20 heavy (non-hydrogen) atoms. The molecule has 0 amide bonds. The molecule has 0 atom stereocenters. The van der Waals surface area contributed by atoms with Gasteiger partial charge in [0.05, 0.1) is 16.9 Å². The maximum Gasteiger partial charge on any atom is 0.417 e. The maximum atomic E-state index is 11.1. The van der Waals surface area contributed by atoms with Crippen LogP contribution in [0.5, 0.6) is 0 Å². The zero-order valence-corrected chi connectivity index (χ0v) is 11.4. The standard InChI is InChI=1S/C15H19N3O2/c16-11-8-14-13(18-15(19)20-14)9-12(11)17-7-6-10-4-2-1-3-5-10/h4,8-9,17H,1-3,5-7,16H2,(H,18,19). The molecule has 1 aliphatic rings. The van der Waals surface area contributed by atoms with Crippen molar-refractivity contribution in [2.75, 3.05) is 17.6 Å². The van der Waals surface area contributed by atoms with E-state index < -0.39 is 5.76 Å². The lowest BCUT2D eigenvalue weighted by molar-refractivity contribution is 0.555. The number of hydrogen-bond acceptors (Lipinski definition) is 4. The van der Waals surface area contributed by atoms with Crippen LogP contribution in [0.1, 0.15) is 32.1 Å². The Labute approximate surface area is 116 Å². The lowest BCUT2D eigenvalue weighted by Crippen LogP contribution is -2.06. The molecule has 4 N–H and O–H groups in total. The summed E-state index contributed by atoms with van der Waals surface area (Å²) >= 11 is 0. The van der Waals surface area contributed by atoms with E-state index in [1.807, 2.05) is 6.07 Å². The highest BCUT2D eigenvalue weighted by Gasteiger charge is 2.07. The van der Waals surface area contributed by atoms with Gasteiger partial charge < -0.3 is 15.5 Å². The predicted molar refractivity (Wildman–Crippen MR) is 80.9 cm³/mol. The van der Waals surface area contributed by atoms with E-state index in [1.54, 1.807) is 6.07 Å². The number of aromatic amines is 1. The Bertz CT molecular complexity index is 697. The highest BCUT2D eigenvalue weighted by atomic mass is 16.4. The number of nitrogens with two attached hydrogens (primary N) is 1. The summed E-state index contributed by atoms with van der Waals surface area (Å²) in [6, 6.07) is 3.50. The molecule has 1 aromatic heterocycles. The second kappa shape index (κ2) is 5.45. The molecule has 1 heterocycles. The normalized spacial score (nSPS) is 15.3. The van der Waals surface area contributed by atoms with E-state index in [1.165, 1.54) is 31.3 Å². The monoisotopic (exact) mass is 273 g/mol. The molecule has 0 bridgehead atoms. The van der Waals surface area contributed by atoms with E-state index in [2.05, 4.69) is 16.4 Å². The first-order chi connectivity index (χ1) is 9.72. The quantitative estimate of drug-likeness (QED) is 0.590. The van der Waals surface area contributed by atoms with Crippen LogP contribution in [0.15, 0.2) is 33.0 Å². The summed E-state index contributed by atoms with van der Waals surface area (Å²) in [6.45, 7) is 0.851. The molecule has 3 rings (SSSR count).